The van der Waals surface area contributed by atoms with Gasteiger partial charge in [-0.15, -0.1) is 0 Å². The fourth-order valence-electron chi connectivity index (χ4n) is 3.05. The first-order valence-electron chi connectivity index (χ1n) is 7.62. The van der Waals surface area contributed by atoms with E-state index in [-0.39, 0.29) is 24.2 Å². The number of carbonyl (C=O) groups is 1. The van der Waals surface area contributed by atoms with Gasteiger partial charge in [0, 0.05) is 0 Å². The Bertz CT molecular complexity index is 868. The number of anilines is 2. The van der Waals surface area contributed by atoms with Crippen LogP contribution in [0.25, 0.3) is 0 Å². The van der Waals surface area contributed by atoms with Gasteiger partial charge in [0.2, 0.25) is 0 Å². The number of ether oxygens (including phenoxy) is 1. The summed E-state index contributed by atoms with van der Waals surface area (Å²) in [4.78, 5) is 14.8. The molecule has 1 amide bonds. The van der Waals surface area contributed by atoms with Crippen LogP contribution in [0.15, 0.2) is 36.4 Å². The van der Waals surface area contributed by atoms with Crippen LogP contribution < -0.4 is 19.6 Å². The van der Waals surface area contributed by atoms with Gasteiger partial charge in [0.1, 0.15) is 0 Å². The van der Waals surface area contributed by atoms with E-state index in [9.17, 15) is 9.90 Å². The Labute approximate surface area is 151 Å². The van der Waals surface area contributed by atoms with Crippen LogP contribution in [0.2, 0.25) is 0 Å². The van der Waals surface area contributed by atoms with Crippen LogP contribution in [-0.4, -0.2) is 30.8 Å². The average Bonchev–Trinajstić information content (AvgIpc) is 3.00. The number of nitrogen functional groups attached to an aromatic ring is 1. The van der Waals surface area contributed by atoms with E-state index in [2.05, 4.69) is 7.81 Å². The Morgan fingerprint density at radius 2 is 2.16 bits per heavy atom. The Hall–Kier alpha value is -1.95. The molecule has 0 saturated heterocycles. The number of amides is 1. The Morgan fingerprint density at radius 3 is 2.84 bits per heavy atom. The summed E-state index contributed by atoms with van der Waals surface area (Å²) in [6, 6.07) is 10.4. The van der Waals surface area contributed by atoms with Crippen molar-refractivity contribution in [3.8, 4) is 11.5 Å². The number of thiol groups is 1. The van der Waals surface area contributed by atoms with Crippen LogP contribution in [0.5, 0.6) is 11.5 Å². The third-order valence-corrected chi connectivity index (χ3v) is 4.73. The van der Waals surface area contributed by atoms with Gasteiger partial charge >= 0.3 is 151 Å². The van der Waals surface area contributed by atoms with Crippen molar-refractivity contribution in [1.29, 1.82) is 0 Å². The van der Waals surface area contributed by atoms with Crippen molar-refractivity contribution in [3.05, 3.63) is 47.5 Å². The van der Waals surface area contributed by atoms with Crippen molar-refractivity contribution in [2.24, 2.45) is 0 Å². The van der Waals surface area contributed by atoms with Crippen molar-refractivity contribution < 1.29 is 18.8 Å². The van der Waals surface area contributed by atoms with Gasteiger partial charge in [0.05, 0.1) is 0 Å². The molecule has 1 heterocycles. The van der Waals surface area contributed by atoms with E-state index in [4.69, 9.17) is 14.7 Å². The van der Waals surface area contributed by atoms with Crippen molar-refractivity contribution in [1.82, 2.24) is 0 Å². The van der Waals surface area contributed by atoms with E-state index in [0.717, 1.165) is 11.3 Å². The van der Waals surface area contributed by atoms with E-state index in [0.29, 0.717) is 34.5 Å². The number of carbonyl (C=O) groups excluding carboxylic acids is 1. The molecule has 3 N–H and O–H groups in total. The van der Waals surface area contributed by atoms with E-state index < -0.39 is 0 Å². The molecule has 0 aromatic heterocycles. The number of hydrogen-bond donors (Lipinski definition) is 2. The molecule has 0 unspecified atom stereocenters. The maximum absolute atomic E-state index is 13.2. The summed E-state index contributed by atoms with van der Waals surface area (Å²) in [6.07, 6.45) is 0.606. The quantitative estimate of drug-likeness (QED) is 0.370. The van der Waals surface area contributed by atoms with Crippen molar-refractivity contribution in [3.63, 3.8) is 0 Å². The minimum absolute atomic E-state index is 0.128. The molecule has 25 heavy (non-hydrogen) atoms. The van der Waals surface area contributed by atoms with Gasteiger partial charge in [-0.25, -0.2) is 0 Å². The zero-order chi connectivity index (χ0) is 18.0. The molecule has 0 spiro atoms. The summed E-state index contributed by atoms with van der Waals surface area (Å²) in [5.74, 6) is 0.524. The van der Waals surface area contributed by atoms with Gasteiger partial charge < -0.3 is 0 Å². The minimum atomic E-state index is -0.317. The first-order valence-corrected chi connectivity index (χ1v) is 9.58. The first kappa shape index (κ1) is 17.9. The van der Waals surface area contributed by atoms with E-state index >= 15 is 0 Å². The predicted molar refractivity (Wildman–Crippen MR) is 102 cm³/mol. The number of benzene rings is 2. The molecule has 132 valence electrons. The number of fused-ring (bicyclic) bond motifs is 1. The molecule has 1 aliphatic rings. The number of nitrogens with zero attached hydrogens (tertiary/aromatic N) is 1. The van der Waals surface area contributed by atoms with Gasteiger partial charge in [0.25, 0.3) is 0 Å². The number of para-hydroxylation sites is 1. The fraction of sp³-hybridized carbons (Fsp3) is 0.235. The second-order valence-electron chi connectivity index (χ2n) is 5.61. The molecule has 0 fully saturated rings. The summed E-state index contributed by atoms with van der Waals surface area (Å²) >= 11 is 0.394. The Kier molecular flexibility index (Phi) is 5.37. The monoisotopic (exact) mass is 377 g/mol. The standard InChI is InChI=1S/C17H18N2O4PS/c1-22-15-7-12(13(18)8-16(15)23-25-24)17(21)19-11(9-20)6-10-4-2-3-5-14(10)19/h2-5,7-8,11,20,25H,6,9,18H2,1H3/q-1/t11-/m0/s1. The van der Waals surface area contributed by atoms with Crippen molar-refractivity contribution in [2.75, 3.05) is 24.4 Å². The summed E-state index contributed by atoms with van der Waals surface area (Å²) in [6.45, 7) is -0.128. The summed E-state index contributed by atoms with van der Waals surface area (Å²) in [7, 11) is 5.49. The summed E-state index contributed by atoms with van der Waals surface area (Å²) in [5.41, 5.74) is 8.47. The molecule has 6 nitrogen and oxygen atoms in total. The Balaban J connectivity index is 2.05. The molecule has 0 aliphatic carbocycles. The molecule has 2 aromatic rings. The van der Waals surface area contributed by atoms with Gasteiger partial charge in [-0.05, 0) is 0 Å². The third-order valence-electron chi connectivity index (χ3n) is 4.21. The van der Waals surface area contributed by atoms with E-state index in [1.165, 1.54) is 7.11 Å². The van der Waals surface area contributed by atoms with Crippen molar-refractivity contribution >= 4 is 36.1 Å². The number of rotatable bonds is 4. The number of hydrogen-bond acceptors (Lipinski definition) is 6. The van der Waals surface area contributed by atoms with Crippen LogP contribution in [0.4, 0.5) is 11.4 Å². The molecule has 3 rings (SSSR count). The molecular formula is C17H18N2O4PS-. The first-order chi connectivity index (χ1) is 12.1. The molecule has 0 radical (unpaired) electrons. The molecule has 2 aromatic carbocycles. The summed E-state index contributed by atoms with van der Waals surface area (Å²) in [5, 5.41) is 9.71. The van der Waals surface area contributed by atoms with Crippen molar-refractivity contribution in [2.45, 2.75) is 12.5 Å². The number of methoxy groups -OCH3 is 1. The summed E-state index contributed by atoms with van der Waals surface area (Å²) < 4.78 is 10.6. The Morgan fingerprint density at radius 1 is 1.40 bits per heavy atom. The van der Waals surface area contributed by atoms with Gasteiger partial charge in [-0.3, -0.25) is 0 Å². The van der Waals surface area contributed by atoms with E-state index in [1.807, 2.05) is 24.3 Å². The SMILES string of the molecule is COc1cc(C(=O)N2c3ccccc3C[C@H]2CO)c(N)cc1O[SH-]#P. The number of aliphatic hydroxyl groups is 1. The predicted octanol–water partition coefficient (Wildman–Crippen LogP) is 2.28. The molecule has 8 heteroatoms. The van der Waals surface area contributed by atoms with Crippen LogP contribution in [0.1, 0.15) is 15.9 Å². The van der Waals surface area contributed by atoms with Crippen LogP contribution >= 0.6 is 7.81 Å². The molecule has 0 saturated carbocycles. The normalized spacial score (nSPS) is 15.7. The van der Waals surface area contributed by atoms with Gasteiger partial charge in [-0.2, -0.15) is 0 Å². The number of nitrogens with two attached hydrogens (primary N) is 1. The number of aliphatic hydroxyl groups excluding tert-OH is 1. The van der Waals surface area contributed by atoms with Gasteiger partial charge in [-0.1, -0.05) is 0 Å². The topological polar surface area (TPSA) is 85.0 Å². The van der Waals surface area contributed by atoms with Crippen LogP contribution in [-0.2, 0) is 17.4 Å². The zero-order valence-corrected chi connectivity index (χ0v) is 15.3. The second-order valence-corrected chi connectivity index (χ2v) is 6.44. The molecule has 0 bridgehead atoms. The van der Waals surface area contributed by atoms with Crippen LogP contribution in [0.3, 0.4) is 0 Å². The van der Waals surface area contributed by atoms with Gasteiger partial charge in [0.15, 0.2) is 0 Å². The van der Waals surface area contributed by atoms with Crippen LogP contribution in [0, 0.1) is 0 Å². The fourth-order valence-corrected chi connectivity index (χ4v) is 3.54. The average molecular weight is 377 g/mol. The second kappa shape index (κ2) is 7.52. The van der Waals surface area contributed by atoms with E-state index in [1.54, 1.807) is 17.0 Å². The zero-order valence-electron chi connectivity index (χ0n) is 13.5. The molecular weight excluding hydrogens is 359 g/mol. The third kappa shape index (κ3) is 3.27. The molecule has 1 atom stereocenters. The maximum atomic E-state index is 13.2. The molecule has 1 aliphatic heterocycles.